The van der Waals surface area contributed by atoms with Gasteiger partial charge in [-0.25, -0.2) is 8.78 Å². The van der Waals surface area contributed by atoms with Crippen LogP contribution in [0.4, 0.5) is 8.78 Å². The number of carbonyl (C=O) groups excluding carboxylic acids is 1. The van der Waals surface area contributed by atoms with E-state index in [0.717, 1.165) is 24.6 Å². The Bertz CT molecular complexity index is 419. The Labute approximate surface area is 92.7 Å². The predicted molar refractivity (Wildman–Crippen MR) is 55.5 cm³/mol. The highest BCUT2D eigenvalue weighted by Crippen LogP contribution is 2.37. The van der Waals surface area contributed by atoms with Crippen molar-refractivity contribution < 1.29 is 13.6 Å². The molecule has 0 saturated heterocycles. The Kier molecular flexibility index (Phi) is 2.90. The number of rotatable bonds is 3. The molecule has 1 aromatic carbocycles. The van der Waals surface area contributed by atoms with Gasteiger partial charge in [-0.2, -0.15) is 0 Å². The van der Waals surface area contributed by atoms with Gasteiger partial charge in [0.15, 0.2) is 0 Å². The van der Waals surface area contributed by atoms with Gasteiger partial charge in [-0.3, -0.25) is 4.79 Å². The van der Waals surface area contributed by atoms with Crippen molar-refractivity contribution in [2.45, 2.75) is 19.9 Å². The second-order valence-corrected chi connectivity index (χ2v) is 4.27. The van der Waals surface area contributed by atoms with E-state index in [1.807, 2.05) is 6.92 Å². The average molecular weight is 225 g/mol. The van der Waals surface area contributed by atoms with Gasteiger partial charge in [-0.15, -0.1) is 0 Å². The van der Waals surface area contributed by atoms with Crippen LogP contribution in [-0.2, 0) is 11.3 Å². The maximum Gasteiger partial charge on any atom is 0.223 e. The monoisotopic (exact) mass is 225 g/mol. The highest BCUT2D eigenvalue weighted by atomic mass is 19.1. The van der Waals surface area contributed by atoms with E-state index in [1.54, 1.807) is 0 Å². The van der Waals surface area contributed by atoms with Crippen LogP contribution in [0.5, 0.6) is 0 Å². The highest BCUT2D eigenvalue weighted by Gasteiger charge is 2.38. The summed E-state index contributed by atoms with van der Waals surface area (Å²) in [5, 5.41) is 2.61. The molecule has 1 N–H and O–H groups in total. The largest absolute Gasteiger partial charge is 0.352 e. The molecule has 1 fully saturated rings. The van der Waals surface area contributed by atoms with Gasteiger partial charge in [0.25, 0.3) is 0 Å². The summed E-state index contributed by atoms with van der Waals surface area (Å²) in [4.78, 5) is 11.5. The molecule has 1 aliphatic carbocycles. The lowest BCUT2D eigenvalue weighted by Crippen LogP contribution is -2.25. The van der Waals surface area contributed by atoms with E-state index < -0.39 is 11.6 Å². The molecule has 2 atom stereocenters. The third kappa shape index (κ3) is 2.38. The van der Waals surface area contributed by atoms with Crippen LogP contribution in [0, 0.1) is 23.5 Å². The van der Waals surface area contributed by atoms with Crippen molar-refractivity contribution in [1.82, 2.24) is 5.32 Å². The van der Waals surface area contributed by atoms with Crippen molar-refractivity contribution in [3.05, 3.63) is 35.4 Å². The normalized spacial score (nSPS) is 22.9. The molecule has 1 aromatic rings. The maximum absolute atomic E-state index is 13.2. The van der Waals surface area contributed by atoms with Crippen molar-refractivity contribution in [3.8, 4) is 0 Å². The lowest BCUT2D eigenvalue weighted by atomic mass is 10.2. The summed E-state index contributed by atoms with van der Waals surface area (Å²) in [7, 11) is 0. The minimum absolute atomic E-state index is 0.0473. The minimum atomic E-state index is -0.495. The Morgan fingerprint density at radius 3 is 2.81 bits per heavy atom. The standard InChI is InChI=1S/C12H13F2NO/c1-7-4-10(7)12(16)15-6-8-5-9(13)2-3-11(8)14/h2-3,5,7,10H,4,6H2,1H3,(H,15,16)/t7-,10-/m1/s1. The summed E-state index contributed by atoms with van der Waals surface area (Å²) in [6, 6.07) is 3.23. The smallest absolute Gasteiger partial charge is 0.223 e. The number of carbonyl (C=O) groups is 1. The van der Waals surface area contributed by atoms with Crippen LogP contribution in [0.2, 0.25) is 0 Å². The summed E-state index contributed by atoms with van der Waals surface area (Å²) < 4.78 is 26.0. The van der Waals surface area contributed by atoms with Gasteiger partial charge in [0.2, 0.25) is 5.91 Å². The first-order valence-corrected chi connectivity index (χ1v) is 5.29. The second-order valence-electron chi connectivity index (χ2n) is 4.27. The van der Waals surface area contributed by atoms with Crippen molar-refractivity contribution in [2.75, 3.05) is 0 Å². The fourth-order valence-electron chi connectivity index (χ4n) is 1.68. The topological polar surface area (TPSA) is 29.1 Å². The Morgan fingerprint density at radius 2 is 2.19 bits per heavy atom. The third-order valence-corrected chi connectivity index (χ3v) is 2.91. The van der Waals surface area contributed by atoms with E-state index in [4.69, 9.17) is 0 Å². The summed E-state index contributed by atoms with van der Waals surface area (Å²) in [5.41, 5.74) is 0.182. The quantitative estimate of drug-likeness (QED) is 0.839. The van der Waals surface area contributed by atoms with E-state index in [9.17, 15) is 13.6 Å². The predicted octanol–water partition coefficient (Wildman–Crippen LogP) is 2.24. The zero-order valence-corrected chi connectivity index (χ0v) is 8.97. The van der Waals surface area contributed by atoms with Crippen LogP contribution in [0.25, 0.3) is 0 Å². The number of halogens is 2. The lowest BCUT2D eigenvalue weighted by Gasteiger charge is -2.05. The molecule has 4 heteroatoms. The minimum Gasteiger partial charge on any atom is -0.352 e. The molecule has 1 saturated carbocycles. The molecule has 2 nitrogen and oxygen atoms in total. The van der Waals surface area contributed by atoms with Gasteiger partial charge in [0.1, 0.15) is 11.6 Å². The zero-order valence-electron chi connectivity index (χ0n) is 8.97. The van der Waals surface area contributed by atoms with Crippen LogP contribution in [-0.4, -0.2) is 5.91 Å². The maximum atomic E-state index is 13.2. The molecular weight excluding hydrogens is 212 g/mol. The molecular formula is C12H13F2NO. The Hall–Kier alpha value is -1.45. The first-order chi connectivity index (χ1) is 7.58. The van der Waals surface area contributed by atoms with Gasteiger partial charge < -0.3 is 5.32 Å². The number of hydrogen-bond donors (Lipinski definition) is 1. The Balaban J connectivity index is 1.94. The third-order valence-electron chi connectivity index (χ3n) is 2.91. The van der Waals surface area contributed by atoms with Crippen molar-refractivity contribution in [2.24, 2.45) is 11.8 Å². The van der Waals surface area contributed by atoms with E-state index >= 15 is 0 Å². The number of hydrogen-bond acceptors (Lipinski definition) is 1. The van der Waals surface area contributed by atoms with Gasteiger partial charge in [-0.05, 0) is 30.5 Å². The molecule has 1 amide bonds. The first kappa shape index (κ1) is 11.0. The fourth-order valence-corrected chi connectivity index (χ4v) is 1.68. The highest BCUT2D eigenvalue weighted by molar-refractivity contribution is 5.81. The Morgan fingerprint density at radius 1 is 1.50 bits per heavy atom. The second kappa shape index (κ2) is 4.20. The van der Waals surface area contributed by atoms with Crippen molar-refractivity contribution >= 4 is 5.91 Å². The van der Waals surface area contributed by atoms with Crippen molar-refractivity contribution in [1.29, 1.82) is 0 Å². The van der Waals surface area contributed by atoms with Crippen LogP contribution in [0.3, 0.4) is 0 Å². The molecule has 86 valence electrons. The molecule has 1 aliphatic rings. The van der Waals surface area contributed by atoms with Crippen LogP contribution >= 0.6 is 0 Å². The number of benzene rings is 1. The summed E-state index contributed by atoms with van der Waals surface area (Å²) >= 11 is 0. The summed E-state index contributed by atoms with van der Waals surface area (Å²) in [6.45, 7) is 2.04. The SMILES string of the molecule is C[C@@H]1C[C@H]1C(=O)NCc1cc(F)ccc1F. The van der Waals surface area contributed by atoms with E-state index in [2.05, 4.69) is 5.32 Å². The molecule has 0 aliphatic heterocycles. The molecule has 0 unspecified atom stereocenters. The molecule has 0 radical (unpaired) electrons. The van der Waals surface area contributed by atoms with Crippen molar-refractivity contribution in [3.63, 3.8) is 0 Å². The molecule has 16 heavy (non-hydrogen) atoms. The molecule has 0 heterocycles. The molecule has 0 aromatic heterocycles. The molecule has 2 rings (SSSR count). The molecule has 0 bridgehead atoms. The van der Waals surface area contributed by atoms with E-state index in [1.165, 1.54) is 0 Å². The zero-order chi connectivity index (χ0) is 11.7. The van der Waals surface area contributed by atoms with Gasteiger partial charge in [0, 0.05) is 18.0 Å². The first-order valence-electron chi connectivity index (χ1n) is 5.29. The van der Waals surface area contributed by atoms with Crippen LogP contribution < -0.4 is 5.32 Å². The van der Waals surface area contributed by atoms with Gasteiger partial charge in [-0.1, -0.05) is 6.92 Å². The van der Waals surface area contributed by atoms with Gasteiger partial charge >= 0.3 is 0 Å². The summed E-state index contributed by atoms with van der Waals surface area (Å²) in [5.74, 6) is -0.596. The van der Waals surface area contributed by atoms with E-state index in [-0.39, 0.29) is 23.9 Å². The van der Waals surface area contributed by atoms with Crippen LogP contribution in [0.15, 0.2) is 18.2 Å². The number of nitrogens with one attached hydrogen (secondary N) is 1. The fraction of sp³-hybridized carbons (Fsp3) is 0.417. The summed E-state index contributed by atoms with van der Waals surface area (Å²) in [6.07, 6.45) is 0.886. The van der Waals surface area contributed by atoms with E-state index in [0.29, 0.717) is 5.92 Å². The number of amides is 1. The van der Waals surface area contributed by atoms with Gasteiger partial charge in [0.05, 0.1) is 0 Å². The molecule has 0 spiro atoms. The van der Waals surface area contributed by atoms with Crippen LogP contribution in [0.1, 0.15) is 18.9 Å². The average Bonchev–Trinajstić information content (AvgIpc) is 2.97. The lowest BCUT2D eigenvalue weighted by molar-refractivity contribution is -0.122.